The van der Waals surface area contributed by atoms with E-state index in [1.54, 1.807) is 17.0 Å². The van der Waals surface area contributed by atoms with Crippen molar-refractivity contribution in [1.29, 1.82) is 0 Å². The van der Waals surface area contributed by atoms with Gasteiger partial charge in [-0.2, -0.15) is 0 Å². The van der Waals surface area contributed by atoms with Crippen LogP contribution in [0.4, 0.5) is 0 Å². The number of carbonyl (C=O) groups excluding carboxylic acids is 1. The molecule has 0 aliphatic carbocycles. The van der Waals surface area contributed by atoms with Crippen LogP contribution in [0.15, 0.2) is 47.1 Å². The second kappa shape index (κ2) is 5.69. The third-order valence-corrected chi connectivity index (χ3v) is 3.67. The molecule has 1 amide bonds. The van der Waals surface area contributed by atoms with E-state index in [2.05, 4.69) is 0 Å². The van der Waals surface area contributed by atoms with Gasteiger partial charge in [0.2, 0.25) is 0 Å². The highest BCUT2D eigenvalue weighted by Crippen LogP contribution is 2.20. The molecule has 4 nitrogen and oxygen atoms in total. The number of amides is 1. The van der Waals surface area contributed by atoms with E-state index in [9.17, 15) is 4.79 Å². The minimum Gasteiger partial charge on any atom is -0.459 e. The van der Waals surface area contributed by atoms with Gasteiger partial charge in [-0.25, -0.2) is 0 Å². The van der Waals surface area contributed by atoms with Gasteiger partial charge in [0.15, 0.2) is 5.76 Å². The van der Waals surface area contributed by atoms with Crippen molar-refractivity contribution in [2.45, 2.75) is 12.7 Å². The summed E-state index contributed by atoms with van der Waals surface area (Å²) in [4.78, 5) is 13.6. The average molecular weight is 292 g/mol. The average Bonchev–Trinajstić information content (AvgIpc) is 2.92. The summed E-state index contributed by atoms with van der Waals surface area (Å²) in [5.74, 6) is 0.280. The number of furan rings is 1. The number of nitrogens with zero attached hydrogens (tertiary/aromatic N) is 1. The zero-order valence-corrected chi connectivity index (χ0v) is 11.5. The van der Waals surface area contributed by atoms with Gasteiger partial charge in [0.1, 0.15) is 0 Å². The largest absolute Gasteiger partial charge is 0.459 e. The molecular formula is C15H14ClNO3. The first-order valence-corrected chi connectivity index (χ1v) is 6.79. The van der Waals surface area contributed by atoms with E-state index in [1.165, 1.54) is 6.26 Å². The third kappa shape index (κ3) is 2.71. The standard InChI is InChI=1S/C15H14ClNO3/c16-13-5-2-1-4-11(13)10-20-12-8-17(9-12)15(18)14-6-3-7-19-14/h1-7,12H,8-10H2. The van der Waals surface area contributed by atoms with Crippen LogP contribution in [0.5, 0.6) is 0 Å². The molecule has 0 unspecified atom stereocenters. The second-order valence-electron chi connectivity index (χ2n) is 4.71. The Hall–Kier alpha value is -1.78. The number of carbonyl (C=O) groups is 1. The van der Waals surface area contributed by atoms with Crippen molar-refractivity contribution in [3.05, 3.63) is 59.0 Å². The zero-order valence-electron chi connectivity index (χ0n) is 10.8. The summed E-state index contributed by atoms with van der Waals surface area (Å²) in [6.45, 7) is 1.64. The molecule has 1 fully saturated rings. The molecule has 1 aromatic heterocycles. The monoisotopic (exact) mass is 291 g/mol. The normalized spacial score (nSPS) is 15.2. The van der Waals surface area contributed by atoms with Gasteiger partial charge in [0.25, 0.3) is 5.91 Å². The SMILES string of the molecule is O=C(c1ccco1)N1CC(OCc2ccccc2Cl)C1. The van der Waals surface area contributed by atoms with Crippen LogP contribution in [-0.4, -0.2) is 30.0 Å². The highest BCUT2D eigenvalue weighted by atomic mass is 35.5. The number of likely N-dealkylation sites (tertiary alicyclic amines) is 1. The summed E-state index contributed by atoms with van der Waals surface area (Å²) in [7, 11) is 0. The van der Waals surface area contributed by atoms with Crippen LogP contribution in [0.25, 0.3) is 0 Å². The number of rotatable bonds is 4. The van der Waals surface area contributed by atoms with Gasteiger partial charge in [0.05, 0.1) is 19.0 Å². The van der Waals surface area contributed by atoms with Gasteiger partial charge < -0.3 is 14.1 Å². The van der Waals surface area contributed by atoms with E-state index in [-0.39, 0.29) is 12.0 Å². The van der Waals surface area contributed by atoms with Gasteiger partial charge in [-0.15, -0.1) is 0 Å². The van der Waals surface area contributed by atoms with Gasteiger partial charge in [-0.1, -0.05) is 29.8 Å². The van der Waals surface area contributed by atoms with Crippen molar-refractivity contribution in [2.24, 2.45) is 0 Å². The molecule has 104 valence electrons. The topological polar surface area (TPSA) is 42.7 Å². The van der Waals surface area contributed by atoms with Crippen LogP contribution in [0.3, 0.4) is 0 Å². The molecule has 1 aliphatic heterocycles. The maximum atomic E-state index is 11.9. The minimum atomic E-state index is -0.0902. The maximum Gasteiger partial charge on any atom is 0.289 e. The highest BCUT2D eigenvalue weighted by Gasteiger charge is 2.33. The van der Waals surface area contributed by atoms with E-state index in [4.69, 9.17) is 20.8 Å². The fraction of sp³-hybridized carbons (Fsp3) is 0.267. The van der Waals surface area contributed by atoms with Gasteiger partial charge in [-0.3, -0.25) is 4.79 Å². The lowest BCUT2D eigenvalue weighted by atomic mass is 10.1. The molecule has 1 saturated heterocycles. The van der Waals surface area contributed by atoms with E-state index >= 15 is 0 Å². The zero-order chi connectivity index (χ0) is 13.9. The fourth-order valence-electron chi connectivity index (χ4n) is 2.09. The van der Waals surface area contributed by atoms with Crippen molar-refractivity contribution in [2.75, 3.05) is 13.1 Å². The lowest BCUT2D eigenvalue weighted by Crippen LogP contribution is -2.54. The number of benzene rings is 1. The molecule has 20 heavy (non-hydrogen) atoms. The first-order chi connectivity index (χ1) is 9.74. The number of hydrogen-bond acceptors (Lipinski definition) is 3. The predicted molar refractivity (Wildman–Crippen MR) is 74.6 cm³/mol. The minimum absolute atomic E-state index is 0.0604. The smallest absolute Gasteiger partial charge is 0.289 e. The van der Waals surface area contributed by atoms with Gasteiger partial charge in [0, 0.05) is 18.1 Å². The first-order valence-electron chi connectivity index (χ1n) is 6.42. The van der Waals surface area contributed by atoms with Crippen LogP contribution in [-0.2, 0) is 11.3 Å². The summed E-state index contributed by atoms with van der Waals surface area (Å²) in [5.41, 5.74) is 0.963. The molecule has 5 heteroatoms. The van der Waals surface area contributed by atoms with Crippen molar-refractivity contribution in [3.63, 3.8) is 0 Å². The molecule has 0 N–H and O–H groups in total. The molecule has 1 aromatic carbocycles. The Labute approximate surface area is 121 Å². The Morgan fingerprint density at radius 1 is 1.30 bits per heavy atom. The maximum absolute atomic E-state index is 11.9. The van der Waals surface area contributed by atoms with Crippen molar-refractivity contribution < 1.29 is 13.9 Å². The molecule has 0 atom stereocenters. The molecular weight excluding hydrogens is 278 g/mol. The van der Waals surface area contributed by atoms with Gasteiger partial charge in [-0.05, 0) is 23.8 Å². The molecule has 0 spiro atoms. The molecule has 3 rings (SSSR count). The second-order valence-corrected chi connectivity index (χ2v) is 5.12. The molecule has 0 bridgehead atoms. The molecule has 2 heterocycles. The van der Waals surface area contributed by atoms with Crippen molar-refractivity contribution in [3.8, 4) is 0 Å². The summed E-state index contributed by atoms with van der Waals surface area (Å²) in [6, 6.07) is 11.0. The van der Waals surface area contributed by atoms with E-state index in [1.807, 2.05) is 24.3 Å². The Balaban J connectivity index is 1.47. The lowest BCUT2D eigenvalue weighted by molar-refractivity contribution is -0.0511. The number of hydrogen-bond donors (Lipinski definition) is 0. The predicted octanol–water partition coefficient (Wildman–Crippen LogP) is 2.97. The van der Waals surface area contributed by atoms with Crippen LogP contribution in [0, 0.1) is 0 Å². The van der Waals surface area contributed by atoms with E-state index in [0.29, 0.717) is 30.5 Å². The Morgan fingerprint density at radius 3 is 2.80 bits per heavy atom. The van der Waals surface area contributed by atoms with Gasteiger partial charge >= 0.3 is 0 Å². The fourth-order valence-corrected chi connectivity index (χ4v) is 2.28. The number of ether oxygens (including phenoxy) is 1. The number of halogens is 1. The highest BCUT2D eigenvalue weighted by molar-refractivity contribution is 6.31. The van der Waals surface area contributed by atoms with Crippen molar-refractivity contribution >= 4 is 17.5 Å². The van der Waals surface area contributed by atoms with Crippen LogP contribution >= 0.6 is 11.6 Å². The van der Waals surface area contributed by atoms with Crippen LogP contribution in [0.2, 0.25) is 5.02 Å². The summed E-state index contributed by atoms with van der Waals surface area (Å²) in [6.07, 6.45) is 1.56. The van der Waals surface area contributed by atoms with Crippen LogP contribution in [0.1, 0.15) is 16.1 Å². The van der Waals surface area contributed by atoms with E-state index in [0.717, 1.165) is 5.56 Å². The molecule has 0 saturated carbocycles. The Kier molecular flexibility index (Phi) is 3.76. The Morgan fingerprint density at radius 2 is 2.10 bits per heavy atom. The quantitative estimate of drug-likeness (QED) is 0.870. The molecule has 0 radical (unpaired) electrons. The molecule has 1 aliphatic rings. The first kappa shape index (κ1) is 13.2. The lowest BCUT2D eigenvalue weighted by Gasteiger charge is -2.38. The van der Waals surface area contributed by atoms with E-state index < -0.39 is 0 Å². The van der Waals surface area contributed by atoms with Crippen LogP contribution < -0.4 is 0 Å². The molecule has 2 aromatic rings. The Bertz CT molecular complexity index is 591. The third-order valence-electron chi connectivity index (χ3n) is 3.30. The summed E-state index contributed by atoms with van der Waals surface area (Å²) >= 11 is 6.06. The summed E-state index contributed by atoms with van der Waals surface area (Å²) < 4.78 is 10.8. The van der Waals surface area contributed by atoms with Crippen molar-refractivity contribution in [1.82, 2.24) is 4.90 Å². The summed E-state index contributed by atoms with van der Waals surface area (Å²) in [5, 5.41) is 0.704.